The van der Waals surface area contributed by atoms with Crippen LogP contribution >= 0.6 is 0 Å². The molecule has 0 aromatic rings. The van der Waals surface area contributed by atoms with Gasteiger partial charge in [0, 0.05) is 16.8 Å². The quantitative estimate of drug-likeness (QED) is 0.602. The van der Waals surface area contributed by atoms with E-state index < -0.39 is 0 Å². The Labute approximate surface area is 96.7 Å². The number of hydrogen-bond acceptors (Lipinski definition) is 0. The third-order valence-electron chi connectivity index (χ3n) is 2.51. The van der Waals surface area contributed by atoms with Crippen molar-refractivity contribution < 1.29 is 16.8 Å². The predicted octanol–water partition coefficient (Wildman–Crippen LogP) is 3.73. The van der Waals surface area contributed by atoms with Crippen molar-refractivity contribution in [3.05, 3.63) is 47.6 Å². The van der Waals surface area contributed by atoms with E-state index in [1.807, 2.05) is 0 Å². The number of rotatable bonds is 1. The molecular formula is C13H15Co-. The summed E-state index contributed by atoms with van der Waals surface area (Å²) >= 11 is 0. The molecule has 0 spiro atoms. The second-order valence-electron chi connectivity index (χ2n) is 3.56. The molecule has 2 aliphatic carbocycles. The Kier molecular flexibility index (Phi) is 4.98. The average Bonchev–Trinajstić information content (AvgIpc) is 2.55. The second-order valence-corrected chi connectivity index (χ2v) is 3.56. The normalized spacial score (nSPS) is 22.9. The summed E-state index contributed by atoms with van der Waals surface area (Å²) in [7, 11) is 0. The van der Waals surface area contributed by atoms with E-state index in [4.69, 9.17) is 0 Å². The van der Waals surface area contributed by atoms with Crippen LogP contribution in [0.5, 0.6) is 0 Å². The summed E-state index contributed by atoms with van der Waals surface area (Å²) in [4.78, 5) is 0. The molecule has 2 rings (SSSR count). The Bertz CT molecular complexity index is 292. The van der Waals surface area contributed by atoms with Crippen LogP contribution in [0.15, 0.2) is 41.5 Å². The van der Waals surface area contributed by atoms with E-state index in [1.54, 1.807) is 0 Å². The van der Waals surface area contributed by atoms with Crippen molar-refractivity contribution in [1.82, 2.24) is 0 Å². The Morgan fingerprint density at radius 3 is 2.86 bits per heavy atom. The summed E-state index contributed by atoms with van der Waals surface area (Å²) in [5.41, 5.74) is 2.75. The van der Waals surface area contributed by atoms with Crippen molar-refractivity contribution in [3.8, 4) is 0 Å². The van der Waals surface area contributed by atoms with E-state index in [1.165, 1.54) is 30.4 Å². The molecule has 0 nitrogen and oxygen atoms in total. The fourth-order valence-electron chi connectivity index (χ4n) is 1.74. The molecule has 2 aliphatic rings. The SMILES string of the molecule is [C-]1=C(C2=CC=CC2)/C=C\CCCC1.[Co]. The van der Waals surface area contributed by atoms with Crippen molar-refractivity contribution in [1.29, 1.82) is 0 Å². The molecule has 1 radical (unpaired) electrons. The van der Waals surface area contributed by atoms with E-state index in [2.05, 4.69) is 36.5 Å². The Morgan fingerprint density at radius 1 is 1.14 bits per heavy atom. The molecule has 0 saturated heterocycles. The van der Waals surface area contributed by atoms with Gasteiger partial charge < -0.3 is 0 Å². The zero-order chi connectivity index (χ0) is 8.93. The molecule has 0 aliphatic heterocycles. The molecule has 14 heavy (non-hydrogen) atoms. The maximum absolute atomic E-state index is 3.49. The molecule has 0 saturated carbocycles. The predicted molar refractivity (Wildman–Crippen MR) is 56.2 cm³/mol. The Hall–Kier alpha value is -0.534. The van der Waals surface area contributed by atoms with Gasteiger partial charge in [-0.05, 0) is 6.42 Å². The largest absolute Gasteiger partial charge is 0.201 e. The minimum absolute atomic E-state index is 0. The van der Waals surface area contributed by atoms with Crippen LogP contribution in [0.25, 0.3) is 0 Å². The monoisotopic (exact) mass is 230 g/mol. The van der Waals surface area contributed by atoms with E-state index in [-0.39, 0.29) is 16.8 Å². The van der Waals surface area contributed by atoms with Gasteiger partial charge in [0.25, 0.3) is 0 Å². The smallest absolute Gasteiger partial charge is 0 e. The van der Waals surface area contributed by atoms with Gasteiger partial charge >= 0.3 is 0 Å². The molecule has 77 valence electrons. The fraction of sp³-hybridized carbons (Fsp3) is 0.385. The zero-order valence-electron chi connectivity index (χ0n) is 8.26. The van der Waals surface area contributed by atoms with Crippen LogP contribution in [0.4, 0.5) is 0 Å². The second kappa shape index (κ2) is 6.05. The zero-order valence-corrected chi connectivity index (χ0v) is 9.30. The van der Waals surface area contributed by atoms with Crippen LogP contribution in [0.3, 0.4) is 0 Å². The first-order valence-electron chi connectivity index (χ1n) is 5.10. The van der Waals surface area contributed by atoms with Crippen LogP contribution in [-0.4, -0.2) is 0 Å². The first kappa shape index (κ1) is 11.5. The van der Waals surface area contributed by atoms with Crippen molar-refractivity contribution >= 4 is 0 Å². The average molecular weight is 230 g/mol. The molecular weight excluding hydrogens is 215 g/mol. The van der Waals surface area contributed by atoms with Crippen LogP contribution in [0.1, 0.15) is 32.1 Å². The van der Waals surface area contributed by atoms with Crippen LogP contribution in [-0.2, 0) is 16.8 Å². The van der Waals surface area contributed by atoms with Gasteiger partial charge in [0.15, 0.2) is 0 Å². The molecule has 0 N–H and O–H groups in total. The van der Waals surface area contributed by atoms with Gasteiger partial charge in [-0.1, -0.05) is 37.8 Å². The molecule has 0 bridgehead atoms. The summed E-state index contributed by atoms with van der Waals surface area (Å²) in [6.45, 7) is 0. The van der Waals surface area contributed by atoms with Gasteiger partial charge in [-0.25, -0.2) is 6.08 Å². The minimum atomic E-state index is 0. The van der Waals surface area contributed by atoms with Crippen molar-refractivity contribution in [2.45, 2.75) is 32.1 Å². The maximum Gasteiger partial charge on any atom is 0 e. The molecule has 0 heterocycles. The van der Waals surface area contributed by atoms with Crippen molar-refractivity contribution in [3.63, 3.8) is 0 Å². The van der Waals surface area contributed by atoms with Crippen molar-refractivity contribution in [2.75, 3.05) is 0 Å². The number of allylic oxidation sites excluding steroid dienone is 8. The van der Waals surface area contributed by atoms with Crippen LogP contribution in [0, 0.1) is 6.08 Å². The van der Waals surface area contributed by atoms with Crippen LogP contribution < -0.4 is 0 Å². The van der Waals surface area contributed by atoms with E-state index in [0.717, 1.165) is 12.8 Å². The third kappa shape index (κ3) is 3.00. The molecule has 0 aromatic carbocycles. The van der Waals surface area contributed by atoms with E-state index in [9.17, 15) is 0 Å². The molecule has 1 heteroatoms. The summed E-state index contributed by atoms with van der Waals surface area (Å²) in [5.74, 6) is 0. The van der Waals surface area contributed by atoms with Gasteiger partial charge in [0.05, 0.1) is 0 Å². The number of hydrogen-bond donors (Lipinski definition) is 0. The van der Waals surface area contributed by atoms with Gasteiger partial charge in [-0.15, -0.1) is 17.7 Å². The first-order chi connectivity index (χ1) is 6.47. The summed E-state index contributed by atoms with van der Waals surface area (Å²) in [5, 5.41) is 0. The van der Waals surface area contributed by atoms with E-state index >= 15 is 0 Å². The van der Waals surface area contributed by atoms with Crippen LogP contribution in [0.2, 0.25) is 0 Å². The fourth-order valence-corrected chi connectivity index (χ4v) is 1.74. The molecule has 0 aromatic heterocycles. The Balaban J connectivity index is 0.000000980. The molecule has 0 fully saturated rings. The standard InChI is InChI=1S/C13H15.Co/c1-2-4-8-12(9-5-3-1)13-10-6-7-11-13;/h4,6-8,10H,1-3,5,11H2;/q-1;/b8-4-;. The summed E-state index contributed by atoms with van der Waals surface area (Å²) in [6.07, 6.45) is 20.6. The van der Waals surface area contributed by atoms with Gasteiger partial charge in [-0.3, -0.25) is 0 Å². The third-order valence-corrected chi connectivity index (χ3v) is 2.51. The minimum Gasteiger partial charge on any atom is -0.201 e. The summed E-state index contributed by atoms with van der Waals surface area (Å²) < 4.78 is 0. The summed E-state index contributed by atoms with van der Waals surface area (Å²) in [6, 6.07) is 0. The maximum atomic E-state index is 3.49. The molecule has 0 amide bonds. The topological polar surface area (TPSA) is 0 Å². The van der Waals surface area contributed by atoms with Gasteiger partial charge in [0.1, 0.15) is 0 Å². The van der Waals surface area contributed by atoms with E-state index in [0.29, 0.717) is 0 Å². The van der Waals surface area contributed by atoms with Crippen molar-refractivity contribution in [2.24, 2.45) is 0 Å². The van der Waals surface area contributed by atoms with Gasteiger partial charge in [0.2, 0.25) is 0 Å². The van der Waals surface area contributed by atoms with Gasteiger partial charge in [-0.2, -0.15) is 11.6 Å². The molecule has 0 atom stereocenters. The first-order valence-corrected chi connectivity index (χ1v) is 5.10. The molecule has 0 unspecified atom stereocenters. The Morgan fingerprint density at radius 2 is 2.07 bits per heavy atom.